The van der Waals surface area contributed by atoms with Gasteiger partial charge in [0.1, 0.15) is 11.3 Å². The molecule has 0 aliphatic carbocycles. The fourth-order valence-corrected chi connectivity index (χ4v) is 2.34. The van der Waals surface area contributed by atoms with Crippen LogP contribution in [0.1, 0.15) is 30.1 Å². The Labute approximate surface area is 158 Å². The molecule has 0 aliphatic rings. The van der Waals surface area contributed by atoms with E-state index in [0.717, 1.165) is 11.3 Å². The zero-order valence-electron chi connectivity index (χ0n) is 15.7. The summed E-state index contributed by atoms with van der Waals surface area (Å²) >= 11 is 0. The van der Waals surface area contributed by atoms with E-state index in [-0.39, 0.29) is 24.0 Å². The summed E-state index contributed by atoms with van der Waals surface area (Å²) in [4.78, 5) is 27.3. The molecule has 0 N–H and O–H groups in total. The topological polar surface area (TPSA) is 84.0 Å². The molecule has 0 unspecified atom stereocenters. The minimum Gasteiger partial charge on any atom is -0.497 e. The summed E-state index contributed by atoms with van der Waals surface area (Å²) in [5.41, 5.74) is 1.81. The predicted molar refractivity (Wildman–Crippen MR) is 98.9 cm³/mol. The van der Waals surface area contributed by atoms with Crippen LogP contribution in [-0.4, -0.2) is 44.4 Å². The van der Waals surface area contributed by atoms with Gasteiger partial charge in [0, 0.05) is 12.5 Å². The lowest BCUT2D eigenvalue weighted by Gasteiger charge is -2.10. The number of hydrogen-bond donors (Lipinski definition) is 0. The first kappa shape index (κ1) is 20.2. The minimum atomic E-state index is -0.506. The molecule has 1 aromatic heterocycles. The third kappa shape index (κ3) is 5.99. The molecular formula is C20H23NO6. The van der Waals surface area contributed by atoms with Gasteiger partial charge in [-0.25, -0.2) is 9.78 Å². The van der Waals surface area contributed by atoms with Crippen LogP contribution in [0.25, 0.3) is 11.3 Å². The van der Waals surface area contributed by atoms with Crippen molar-refractivity contribution in [3.05, 3.63) is 42.0 Å². The Kier molecular flexibility index (Phi) is 7.61. The highest BCUT2D eigenvalue weighted by molar-refractivity contribution is 5.92. The Balaban J connectivity index is 1.98. The first-order chi connectivity index (χ1) is 13.0. The molecule has 27 heavy (non-hydrogen) atoms. The normalized spacial score (nSPS) is 10.2. The lowest BCUT2D eigenvalue weighted by atomic mass is 10.1. The summed E-state index contributed by atoms with van der Waals surface area (Å²) in [5, 5.41) is 0. The molecule has 0 atom stereocenters. The third-order valence-electron chi connectivity index (χ3n) is 3.74. The maximum atomic E-state index is 12.3. The van der Waals surface area contributed by atoms with Crippen LogP contribution >= 0.6 is 0 Å². The summed E-state index contributed by atoms with van der Waals surface area (Å²) in [5.74, 6) is 0.126. The van der Waals surface area contributed by atoms with Crippen LogP contribution in [0.3, 0.4) is 0 Å². The number of hydrogen-bond acceptors (Lipinski definition) is 7. The minimum absolute atomic E-state index is 0.202. The number of rotatable bonds is 9. The summed E-state index contributed by atoms with van der Waals surface area (Å²) in [7, 11) is 3.06. The van der Waals surface area contributed by atoms with Crippen molar-refractivity contribution in [3.8, 4) is 22.9 Å². The lowest BCUT2D eigenvalue weighted by Crippen LogP contribution is -2.10. The molecule has 2 rings (SSSR count). The van der Waals surface area contributed by atoms with Crippen LogP contribution in [0, 0.1) is 0 Å². The molecule has 0 radical (unpaired) electrons. The zero-order chi connectivity index (χ0) is 19.6. The maximum absolute atomic E-state index is 12.3. The van der Waals surface area contributed by atoms with Crippen molar-refractivity contribution in [3.63, 3.8) is 0 Å². The first-order valence-electron chi connectivity index (χ1n) is 8.55. The SMILES string of the molecule is COc1ccc(-c2ccc(C(=O)OCCCCOC(C)=O)c(OC)n2)cc1. The summed E-state index contributed by atoms with van der Waals surface area (Å²) in [6, 6.07) is 10.8. The van der Waals surface area contributed by atoms with Crippen molar-refractivity contribution in [2.45, 2.75) is 19.8 Å². The van der Waals surface area contributed by atoms with Gasteiger partial charge < -0.3 is 18.9 Å². The van der Waals surface area contributed by atoms with Gasteiger partial charge in [-0.1, -0.05) is 0 Å². The van der Waals surface area contributed by atoms with Gasteiger partial charge in [-0.05, 0) is 49.2 Å². The van der Waals surface area contributed by atoms with Crippen LogP contribution in [0.5, 0.6) is 11.6 Å². The zero-order valence-corrected chi connectivity index (χ0v) is 15.7. The van der Waals surface area contributed by atoms with Crippen molar-refractivity contribution >= 4 is 11.9 Å². The van der Waals surface area contributed by atoms with Gasteiger partial charge in [0.15, 0.2) is 0 Å². The monoisotopic (exact) mass is 373 g/mol. The lowest BCUT2D eigenvalue weighted by molar-refractivity contribution is -0.141. The molecule has 0 amide bonds. The fourth-order valence-electron chi connectivity index (χ4n) is 2.34. The van der Waals surface area contributed by atoms with E-state index in [0.29, 0.717) is 25.1 Å². The Bertz CT molecular complexity index is 773. The van der Waals surface area contributed by atoms with E-state index in [1.54, 1.807) is 19.2 Å². The molecule has 0 aliphatic heterocycles. The van der Waals surface area contributed by atoms with Crippen LogP contribution in [0.2, 0.25) is 0 Å². The average molecular weight is 373 g/mol. The smallest absolute Gasteiger partial charge is 0.343 e. The van der Waals surface area contributed by atoms with Crippen LogP contribution < -0.4 is 9.47 Å². The number of benzene rings is 1. The van der Waals surface area contributed by atoms with E-state index in [1.807, 2.05) is 24.3 Å². The Morgan fingerprint density at radius 2 is 1.56 bits per heavy atom. The molecule has 2 aromatic rings. The molecule has 1 aromatic carbocycles. The standard InChI is InChI=1S/C20H23NO6/c1-14(22)26-12-4-5-13-27-20(23)17-10-11-18(21-19(17)25-3)15-6-8-16(24-2)9-7-15/h6-11H,4-5,12-13H2,1-3H3. The maximum Gasteiger partial charge on any atom is 0.343 e. The fraction of sp³-hybridized carbons (Fsp3) is 0.350. The molecular weight excluding hydrogens is 350 g/mol. The van der Waals surface area contributed by atoms with E-state index in [4.69, 9.17) is 18.9 Å². The second kappa shape index (κ2) is 10.2. The predicted octanol–water partition coefficient (Wildman–Crippen LogP) is 3.27. The van der Waals surface area contributed by atoms with Gasteiger partial charge in [0.2, 0.25) is 5.88 Å². The second-order valence-electron chi connectivity index (χ2n) is 5.66. The number of carbonyl (C=O) groups excluding carboxylic acids is 2. The summed E-state index contributed by atoms with van der Waals surface area (Å²) in [6.07, 6.45) is 1.22. The molecule has 0 bridgehead atoms. The molecule has 1 heterocycles. The quantitative estimate of drug-likeness (QED) is 0.493. The number of methoxy groups -OCH3 is 2. The van der Waals surface area contributed by atoms with Crippen LogP contribution in [0.4, 0.5) is 0 Å². The number of esters is 2. The summed E-state index contributed by atoms with van der Waals surface area (Å²) < 4.78 is 20.5. The molecule has 7 nitrogen and oxygen atoms in total. The van der Waals surface area contributed by atoms with E-state index in [1.165, 1.54) is 14.0 Å². The van der Waals surface area contributed by atoms with E-state index in [2.05, 4.69) is 4.98 Å². The Hall–Kier alpha value is -3.09. The van der Waals surface area contributed by atoms with Crippen molar-refractivity contribution in [2.75, 3.05) is 27.4 Å². The van der Waals surface area contributed by atoms with E-state index >= 15 is 0 Å². The number of ether oxygens (including phenoxy) is 4. The molecule has 144 valence electrons. The van der Waals surface area contributed by atoms with Crippen LogP contribution in [-0.2, 0) is 14.3 Å². The molecule has 0 spiro atoms. The van der Waals surface area contributed by atoms with Gasteiger partial charge >= 0.3 is 11.9 Å². The van der Waals surface area contributed by atoms with Crippen molar-refractivity contribution < 1.29 is 28.5 Å². The number of pyridine rings is 1. The first-order valence-corrected chi connectivity index (χ1v) is 8.55. The van der Waals surface area contributed by atoms with E-state index < -0.39 is 5.97 Å². The van der Waals surface area contributed by atoms with Gasteiger partial charge in [-0.2, -0.15) is 0 Å². The number of aromatic nitrogens is 1. The molecule has 0 saturated heterocycles. The third-order valence-corrected chi connectivity index (χ3v) is 3.74. The molecule has 0 saturated carbocycles. The van der Waals surface area contributed by atoms with Crippen molar-refractivity contribution in [1.82, 2.24) is 4.98 Å². The largest absolute Gasteiger partial charge is 0.497 e. The number of carbonyl (C=O) groups is 2. The average Bonchev–Trinajstić information content (AvgIpc) is 2.69. The van der Waals surface area contributed by atoms with Gasteiger partial charge in [0.05, 0.1) is 33.1 Å². The highest BCUT2D eigenvalue weighted by Gasteiger charge is 2.16. The van der Waals surface area contributed by atoms with Crippen LogP contribution in [0.15, 0.2) is 36.4 Å². The van der Waals surface area contributed by atoms with Gasteiger partial charge in [0.25, 0.3) is 0 Å². The molecule has 7 heteroatoms. The Morgan fingerprint density at radius 3 is 2.15 bits per heavy atom. The van der Waals surface area contributed by atoms with Gasteiger partial charge in [-0.3, -0.25) is 4.79 Å². The van der Waals surface area contributed by atoms with E-state index in [9.17, 15) is 9.59 Å². The molecule has 0 fully saturated rings. The van der Waals surface area contributed by atoms with Crippen molar-refractivity contribution in [2.24, 2.45) is 0 Å². The second-order valence-corrected chi connectivity index (χ2v) is 5.66. The number of unbranched alkanes of at least 4 members (excludes halogenated alkanes) is 1. The van der Waals surface area contributed by atoms with Crippen molar-refractivity contribution in [1.29, 1.82) is 0 Å². The van der Waals surface area contributed by atoms with Gasteiger partial charge in [-0.15, -0.1) is 0 Å². The number of nitrogens with zero attached hydrogens (tertiary/aromatic N) is 1. The highest BCUT2D eigenvalue weighted by Crippen LogP contribution is 2.25. The Morgan fingerprint density at radius 1 is 0.889 bits per heavy atom. The summed E-state index contributed by atoms with van der Waals surface area (Å²) in [6.45, 7) is 1.90. The highest BCUT2D eigenvalue weighted by atomic mass is 16.5.